The Morgan fingerprint density at radius 1 is 1.03 bits per heavy atom. The monoisotopic (exact) mass is 539 g/mol. The fraction of sp³-hybridized carbons (Fsp3) is 0.200. The quantitative estimate of drug-likeness (QED) is 0.265. The molecule has 3 N–H and O–H groups in total. The van der Waals surface area contributed by atoms with Gasteiger partial charge in [0.2, 0.25) is 5.91 Å². The van der Waals surface area contributed by atoms with Crippen molar-refractivity contribution in [2.75, 3.05) is 11.9 Å². The molecule has 39 heavy (non-hydrogen) atoms. The van der Waals surface area contributed by atoms with Gasteiger partial charge in [0.25, 0.3) is 0 Å². The number of thiocarbonyl (C=S) groups is 1. The number of pyridine rings is 1. The smallest absolute Gasteiger partial charge is 0.335 e. The fourth-order valence-corrected chi connectivity index (χ4v) is 5.55. The molecular formula is C30H29N5O3S. The number of hydrogen-bond acceptors (Lipinski definition) is 4. The van der Waals surface area contributed by atoms with Crippen LogP contribution < -0.4 is 10.6 Å². The van der Waals surface area contributed by atoms with Crippen molar-refractivity contribution in [1.82, 2.24) is 19.8 Å². The van der Waals surface area contributed by atoms with E-state index in [1.807, 2.05) is 68.4 Å². The van der Waals surface area contributed by atoms with Gasteiger partial charge in [-0.3, -0.25) is 9.78 Å². The van der Waals surface area contributed by atoms with E-state index in [2.05, 4.69) is 31.2 Å². The predicted octanol–water partition coefficient (Wildman–Crippen LogP) is 5.19. The van der Waals surface area contributed by atoms with Crippen LogP contribution in [0.25, 0.3) is 5.69 Å². The number of aromatic nitrogens is 2. The van der Waals surface area contributed by atoms with Crippen molar-refractivity contribution in [1.29, 1.82) is 0 Å². The van der Waals surface area contributed by atoms with E-state index in [1.165, 1.54) is 0 Å². The van der Waals surface area contributed by atoms with E-state index in [9.17, 15) is 14.7 Å². The Morgan fingerprint density at radius 3 is 2.51 bits per heavy atom. The van der Waals surface area contributed by atoms with Crippen LogP contribution in [0.3, 0.4) is 0 Å². The van der Waals surface area contributed by atoms with E-state index in [-0.39, 0.29) is 30.0 Å². The lowest BCUT2D eigenvalue weighted by molar-refractivity contribution is -0.116. The van der Waals surface area contributed by atoms with Crippen LogP contribution in [-0.2, 0) is 4.79 Å². The van der Waals surface area contributed by atoms with E-state index in [0.717, 1.165) is 34.0 Å². The van der Waals surface area contributed by atoms with Crippen LogP contribution in [0, 0.1) is 13.8 Å². The molecule has 8 nitrogen and oxygen atoms in total. The number of aryl methyl sites for hydroxylation is 1. The molecule has 0 bridgehead atoms. The van der Waals surface area contributed by atoms with Crippen LogP contribution in [0.1, 0.15) is 51.5 Å². The number of carboxylic acid groups (broad SMARTS) is 1. The highest BCUT2D eigenvalue weighted by Crippen LogP contribution is 2.41. The minimum atomic E-state index is -0.972. The van der Waals surface area contributed by atoms with Gasteiger partial charge in [0.05, 0.1) is 23.3 Å². The summed E-state index contributed by atoms with van der Waals surface area (Å²) in [6.07, 6.45) is 2.01. The van der Waals surface area contributed by atoms with Gasteiger partial charge >= 0.3 is 5.97 Å². The average molecular weight is 540 g/mol. The zero-order chi connectivity index (χ0) is 27.5. The maximum Gasteiger partial charge on any atom is 0.335 e. The van der Waals surface area contributed by atoms with Crippen LogP contribution in [0.5, 0.6) is 0 Å². The van der Waals surface area contributed by atoms with E-state index >= 15 is 0 Å². The summed E-state index contributed by atoms with van der Waals surface area (Å²) in [5.74, 6) is -1.07. The molecule has 0 unspecified atom stereocenters. The highest BCUT2D eigenvalue weighted by atomic mass is 32.1. The largest absolute Gasteiger partial charge is 0.478 e. The molecule has 0 aliphatic carbocycles. The summed E-state index contributed by atoms with van der Waals surface area (Å²) in [5, 5.41) is 16.5. The third-order valence-electron chi connectivity index (χ3n) is 6.98. The number of rotatable bonds is 8. The molecule has 4 aromatic rings. The van der Waals surface area contributed by atoms with Crippen molar-refractivity contribution in [3.63, 3.8) is 0 Å². The summed E-state index contributed by atoms with van der Waals surface area (Å²) in [6.45, 7) is 4.43. The molecule has 1 aliphatic heterocycles. The molecule has 1 amide bonds. The first kappa shape index (κ1) is 26.1. The van der Waals surface area contributed by atoms with Gasteiger partial charge in [-0.1, -0.05) is 30.3 Å². The van der Waals surface area contributed by atoms with Gasteiger partial charge < -0.3 is 25.2 Å². The lowest BCUT2D eigenvalue weighted by atomic mass is 9.96. The van der Waals surface area contributed by atoms with E-state index in [4.69, 9.17) is 12.2 Å². The third kappa shape index (κ3) is 5.39. The van der Waals surface area contributed by atoms with E-state index in [1.54, 1.807) is 24.4 Å². The van der Waals surface area contributed by atoms with Gasteiger partial charge in [0.1, 0.15) is 0 Å². The second kappa shape index (κ2) is 11.1. The lowest BCUT2D eigenvalue weighted by Crippen LogP contribution is -2.32. The molecular weight excluding hydrogens is 510 g/mol. The highest BCUT2D eigenvalue weighted by Gasteiger charge is 2.41. The summed E-state index contributed by atoms with van der Waals surface area (Å²) in [4.78, 5) is 31.1. The molecule has 1 saturated heterocycles. The highest BCUT2D eigenvalue weighted by molar-refractivity contribution is 7.80. The third-order valence-corrected chi connectivity index (χ3v) is 7.33. The number of hydrogen-bond donors (Lipinski definition) is 3. The zero-order valence-corrected chi connectivity index (χ0v) is 22.5. The number of benzene rings is 2. The Hall–Kier alpha value is -4.50. The van der Waals surface area contributed by atoms with E-state index in [0.29, 0.717) is 11.7 Å². The van der Waals surface area contributed by atoms with Crippen molar-refractivity contribution in [2.45, 2.75) is 32.4 Å². The summed E-state index contributed by atoms with van der Waals surface area (Å²) >= 11 is 5.78. The predicted molar refractivity (Wildman–Crippen MR) is 154 cm³/mol. The molecule has 2 aromatic heterocycles. The molecule has 1 aliphatic rings. The molecule has 1 fully saturated rings. The molecule has 2 atom stereocenters. The van der Waals surface area contributed by atoms with Crippen molar-refractivity contribution in [2.24, 2.45) is 0 Å². The molecule has 0 saturated carbocycles. The number of carbonyl (C=O) groups excluding carboxylic acids is 1. The first-order chi connectivity index (χ1) is 18.8. The summed E-state index contributed by atoms with van der Waals surface area (Å²) in [6, 6.07) is 23.7. The lowest BCUT2D eigenvalue weighted by Gasteiger charge is -2.28. The molecule has 2 aromatic carbocycles. The van der Waals surface area contributed by atoms with Crippen molar-refractivity contribution in [3.05, 3.63) is 113 Å². The Morgan fingerprint density at radius 2 is 1.79 bits per heavy atom. The van der Waals surface area contributed by atoms with Crippen LogP contribution in [0.4, 0.5) is 5.69 Å². The molecule has 0 spiro atoms. The summed E-state index contributed by atoms with van der Waals surface area (Å²) in [5.41, 5.74) is 5.55. The number of carboxylic acids is 1. The molecule has 5 rings (SSSR count). The van der Waals surface area contributed by atoms with Gasteiger partial charge in [-0.05, 0) is 80.2 Å². The Kier molecular flexibility index (Phi) is 7.42. The second-order valence-corrected chi connectivity index (χ2v) is 9.89. The van der Waals surface area contributed by atoms with Gasteiger partial charge in [-0.15, -0.1) is 0 Å². The number of aromatic carboxylic acids is 1. The molecule has 198 valence electrons. The number of anilines is 1. The normalized spacial score (nSPS) is 16.7. The van der Waals surface area contributed by atoms with Gasteiger partial charge in [-0.2, -0.15) is 0 Å². The molecule has 9 heteroatoms. The minimum Gasteiger partial charge on any atom is -0.478 e. The standard InChI is InChI=1S/C30H29N5O3S/c1-19-17-24(20(2)35(19)23-12-8-9-21(18-23)29(37)38)28-27(25-13-6-7-15-31-25)33-30(39)34(28)16-14-26(36)32-22-10-4-3-5-11-22/h3-13,15,17-18,27-28H,14,16H2,1-2H3,(H,32,36)(H,33,39)(H,37,38)/t27-,28-/m1/s1. The SMILES string of the molecule is Cc1cc([C@@H]2[C@@H](c3ccccn3)NC(=S)N2CCC(=O)Nc2ccccc2)c(C)n1-c1cccc(C(=O)O)c1. The van der Waals surface area contributed by atoms with Gasteiger partial charge in [0, 0.05) is 41.9 Å². The Bertz CT molecular complexity index is 1520. The Balaban J connectivity index is 1.49. The maximum atomic E-state index is 12.8. The van der Waals surface area contributed by atoms with Crippen molar-refractivity contribution >= 4 is 34.9 Å². The van der Waals surface area contributed by atoms with Gasteiger partial charge in [0.15, 0.2) is 5.11 Å². The fourth-order valence-electron chi connectivity index (χ4n) is 5.21. The number of amides is 1. The zero-order valence-electron chi connectivity index (χ0n) is 21.7. The van der Waals surface area contributed by atoms with Crippen LogP contribution >= 0.6 is 12.2 Å². The van der Waals surface area contributed by atoms with Crippen LogP contribution in [0.15, 0.2) is 85.1 Å². The maximum absolute atomic E-state index is 12.8. The number of nitrogens with zero attached hydrogens (tertiary/aromatic N) is 3. The summed E-state index contributed by atoms with van der Waals surface area (Å²) < 4.78 is 2.05. The Labute approximate surface area is 232 Å². The average Bonchev–Trinajstić information content (AvgIpc) is 3.42. The van der Waals surface area contributed by atoms with Crippen LogP contribution in [0.2, 0.25) is 0 Å². The number of para-hydroxylation sites is 1. The van der Waals surface area contributed by atoms with Crippen molar-refractivity contribution < 1.29 is 14.7 Å². The molecule has 3 heterocycles. The number of nitrogens with one attached hydrogen (secondary N) is 2. The van der Waals surface area contributed by atoms with Gasteiger partial charge in [-0.25, -0.2) is 4.79 Å². The minimum absolute atomic E-state index is 0.0972. The second-order valence-electron chi connectivity index (χ2n) is 9.50. The molecule has 0 radical (unpaired) electrons. The summed E-state index contributed by atoms with van der Waals surface area (Å²) in [7, 11) is 0. The van der Waals surface area contributed by atoms with Crippen LogP contribution in [-0.4, -0.2) is 43.1 Å². The topological polar surface area (TPSA) is 99.5 Å². The first-order valence-corrected chi connectivity index (χ1v) is 13.1. The first-order valence-electron chi connectivity index (χ1n) is 12.7. The van der Waals surface area contributed by atoms with Crippen molar-refractivity contribution in [3.8, 4) is 5.69 Å². The number of carbonyl (C=O) groups is 2. The van der Waals surface area contributed by atoms with E-state index < -0.39 is 5.97 Å².